The van der Waals surface area contributed by atoms with Crippen molar-refractivity contribution in [1.82, 2.24) is 5.48 Å². The predicted molar refractivity (Wildman–Crippen MR) is 89.1 cm³/mol. The van der Waals surface area contributed by atoms with Crippen LogP contribution in [0, 0.1) is 0 Å². The fourth-order valence-electron chi connectivity index (χ4n) is 1.70. The predicted octanol–water partition coefficient (Wildman–Crippen LogP) is 2.16. The summed E-state index contributed by atoms with van der Waals surface area (Å²) in [6.07, 6.45) is 1.37. The number of nitrogens with zero attached hydrogens (tertiary/aromatic N) is 2. The van der Waals surface area contributed by atoms with Crippen molar-refractivity contribution >= 4 is 23.8 Å². The highest BCUT2D eigenvalue weighted by molar-refractivity contribution is 6.35. The van der Waals surface area contributed by atoms with E-state index in [2.05, 4.69) is 10.2 Å². The Hall–Kier alpha value is -2.19. The molecule has 0 saturated heterocycles. The molecule has 0 spiro atoms. The lowest BCUT2D eigenvalue weighted by Gasteiger charge is -2.17. The van der Waals surface area contributed by atoms with Crippen LogP contribution >= 0.6 is 11.6 Å². The summed E-state index contributed by atoms with van der Waals surface area (Å²) in [6.45, 7) is 6.84. The van der Waals surface area contributed by atoms with Gasteiger partial charge in [0.05, 0.1) is 31.1 Å². The third-order valence-corrected chi connectivity index (χ3v) is 2.91. The molecule has 1 rings (SSSR count). The number of hydroxylamine groups is 1. The minimum atomic E-state index is -0.252. The standard InChI is InChI=1S/C14H21ClN4O4/c1-4-21-10-7-9(8-17-18-14(16)19-20)11(15)13(23-6-3)12(10)22-5-2/h7-8,20H,4-6H2,1-3H3,(H3,16,18,19)/b17-8+. The van der Waals surface area contributed by atoms with E-state index in [9.17, 15) is 0 Å². The van der Waals surface area contributed by atoms with Gasteiger partial charge in [-0.05, 0) is 26.8 Å². The van der Waals surface area contributed by atoms with Crippen molar-refractivity contribution in [1.29, 1.82) is 0 Å². The fraction of sp³-hybridized carbons (Fsp3) is 0.429. The highest BCUT2D eigenvalue weighted by Gasteiger charge is 2.20. The Bertz CT molecular complexity index is 578. The van der Waals surface area contributed by atoms with E-state index in [1.807, 2.05) is 20.8 Å². The smallest absolute Gasteiger partial charge is 0.237 e. The van der Waals surface area contributed by atoms with Crippen molar-refractivity contribution in [2.24, 2.45) is 15.9 Å². The summed E-state index contributed by atoms with van der Waals surface area (Å²) < 4.78 is 16.8. The molecule has 0 saturated carbocycles. The molecule has 0 amide bonds. The summed E-state index contributed by atoms with van der Waals surface area (Å²) >= 11 is 6.35. The first-order chi connectivity index (χ1) is 11.1. The normalized spacial score (nSPS) is 11.6. The molecule has 23 heavy (non-hydrogen) atoms. The summed E-state index contributed by atoms with van der Waals surface area (Å²) in [5.74, 6) is 1.05. The van der Waals surface area contributed by atoms with Gasteiger partial charge in [-0.3, -0.25) is 5.21 Å². The molecule has 0 aliphatic carbocycles. The van der Waals surface area contributed by atoms with Gasteiger partial charge < -0.3 is 19.9 Å². The Morgan fingerprint density at radius 2 is 1.83 bits per heavy atom. The van der Waals surface area contributed by atoms with E-state index >= 15 is 0 Å². The number of nitrogens with one attached hydrogen (secondary N) is 1. The largest absolute Gasteiger partial charge is 0.490 e. The molecule has 0 aliphatic heterocycles. The third kappa shape index (κ3) is 5.19. The van der Waals surface area contributed by atoms with Crippen LogP contribution in [0.1, 0.15) is 26.3 Å². The lowest BCUT2D eigenvalue weighted by molar-refractivity contribution is 0.232. The van der Waals surface area contributed by atoms with Gasteiger partial charge in [0.2, 0.25) is 11.7 Å². The van der Waals surface area contributed by atoms with E-state index in [4.69, 9.17) is 36.8 Å². The molecule has 0 aliphatic rings. The van der Waals surface area contributed by atoms with Crippen LogP contribution in [-0.4, -0.2) is 37.2 Å². The van der Waals surface area contributed by atoms with Gasteiger partial charge >= 0.3 is 0 Å². The molecule has 9 heteroatoms. The first-order valence-electron chi connectivity index (χ1n) is 7.10. The first-order valence-corrected chi connectivity index (χ1v) is 7.48. The second kappa shape index (κ2) is 9.75. The van der Waals surface area contributed by atoms with Crippen molar-refractivity contribution in [2.45, 2.75) is 20.8 Å². The Labute approximate surface area is 139 Å². The quantitative estimate of drug-likeness (QED) is 0.378. The van der Waals surface area contributed by atoms with Gasteiger partial charge in [0.25, 0.3) is 0 Å². The van der Waals surface area contributed by atoms with Crippen LogP contribution in [0.25, 0.3) is 0 Å². The number of nitrogens with two attached hydrogens (primary N) is 1. The third-order valence-electron chi connectivity index (χ3n) is 2.52. The van der Waals surface area contributed by atoms with Crippen LogP contribution in [0.5, 0.6) is 17.2 Å². The number of hydrogen-bond acceptors (Lipinski definition) is 6. The summed E-state index contributed by atoms with van der Waals surface area (Å²) in [5.41, 5.74) is 7.44. The molecular formula is C14H21ClN4O4. The molecule has 4 N–H and O–H groups in total. The Kier molecular flexibility index (Phi) is 8.00. The SMILES string of the molecule is CCOc1cc(/C=N/N=C(N)NO)c(Cl)c(OCC)c1OCC. The molecule has 0 bridgehead atoms. The highest BCUT2D eigenvalue weighted by atomic mass is 35.5. The summed E-state index contributed by atoms with van der Waals surface area (Å²) in [5, 5.41) is 16.1. The second-order valence-corrected chi connectivity index (χ2v) is 4.45. The maximum absolute atomic E-state index is 8.55. The molecule has 0 heterocycles. The molecule has 8 nitrogen and oxygen atoms in total. The van der Waals surface area contributed by atoms with Gasteiger partial charge in [-0.15, -0.1) is 5.10 Å². The Balaban J connectivity index is 3.35. The minimum Gasteiger partial charge on any atom is -0.490 e. The van der Waals surface area contributed by atoms with Crippen LogP contribution < -0.4 is 25.4 Å². The van der Waals surface area contributed by atoms with Gasteiger partial charge in [0.1, 0.15) is 0 Å². The van der Waals surface area contributed by atoms with Crippen molar-refractivity contribution in [3.8, 4) is 17.2 Å². The molecule has 0 atom stereocenters. The number of hydrogen-bond donors (Lipinski definition) is 3. The molecule has 0 fully saturated rings. The van der Waals surface area contributed by atoms with E-state index in [1.165, 1.54) is 6.21 Å². The van der Waals surface area contributed by atoms with Crippen molar-refractivity contribution < 1.29 is 19.4 Å². The average Bonchev–Trinajstić information content (AvgIpc) is 2.54. The molecule has 1 aromatic rings. The van der Waals surface area contributed by atoms with Crippen molar-refractivity contribution in [2.75, 3.05) is 19.8 Å². The van der Waals surface area contributed by atoms with Crippen LogP contribution in [-0.2, 0) is 0 Å². The topological polar surface area (TPSA) is 111 Å². The molecule has 0 unspecified atom stereocenters. The van der Waals surface area contributed by atoms with Crippen molar-refractivity contribution in [3.63, 3.8) is 0 Å². The number of ether oxygens (including phenoxy) is 3. The minimum absolute atomic E-state index is 0.252. The summed E-state index contributed by atoms with van der Waals surface area (Å²) in [7, 11) is 0. The zero-order chi connectivity index (χ0) is 17.2. The van der Waals surface area contributed by atoms with Crippen LogP contribution in [0.15, 0.2) is 16.3 Å². The maximum atomic E-state index is 8.55. The Morgan fingerprint density at radius 3 is 2.39 bits per heavy atom. The second-order valence-electron chi connectivity index (χ2n) is 4.08. The van der Waals surface area contributed by atoms with Crippen molar-refractivity contribution in [3.05, 3.63) is 16.7 Å². The van der Waals surface area contributed by atoms with E-state index in [1.54, 1.807) is 11.5 Å². The van der Waals surface area contributed by atoms with E-state index in [-0.39, 0.29) is 5.96 Å². The number of rotatable bonds is 8. The maximum Gasteiger partial charge on any atom is 0.237 e. The fourth-order valence-corrected chi connectivity index (χ4v) is 1.94. The molecular weight excluding hydrogens is 324 g/mol. The Morgan fingerprint density at radius 1 is 1.22 bits per heavy atom. The van der Waals surface area contributed by atoms with E-state index in [0.29, 0.717) is 47.7 Å². The monoisotopic (exact) mass is 344 g/mol. The van der Waals surface area contributed by atoms with Gasteiger partial charge in [0, 0.05) is 5.56 Å². The zero-order valence-corrected chi connectivity index (χ0v) is 14.1. The van der Waals surface area contributed by atoms with Gasteiger partial charge in [-0.2, -0.15) is 5.10 Å². The number of benzene rings is 1. The van der Waals surface area contributed by atoms with Crippen LogP contribution in [0.2, 0.25) is 5.02 Å². The first kappa shape index (κ1) is 18.9. The molecule has 0 aromatic heterocycles. The lowest BCUT2D eigenvalue weighted by atomic mass is 10.2. The van der Waals surface area contributed by atoms with Gasteiger partial charge in [-0.1, -0.05) is 11.6 Å². The number of halogens is 1. The van der Waals surface area contributed by atoms with Gasteiger partial charge in [0.15, 0.2) is 11.5 Å². The van der Waals surface area contributed by atoms with Crippen LogP contribution in [0.3, 0.4) is 0 Å². The molecule has 128 valence electrons. The summed E-state index contributed by atoms with van der Waals surface area (Å²) in [4.78, 5) is 0. The summed E-state index contributed by atoms with van der Waals surface area (Å²) in [6, 6.07) is 1.67. The van der Waals surface area contributed by atoms with E-state index in [0.717, 1.165) is 0 Å². The van der Waals surface area contributed by atoms with Gasteiger partial charge in [-0.25, -0.2) is 5.48 Å². The average molecular weight is 345 g/mol. The molecule has 1 aromatic carbocycles. The lowest BCUT2D eigenvalue weighted by Crippen LogP contribution is -2.27. The number of guanidine groups is 1. The van der Waals surface area contributed by atoms with E-state index < -0.39 is 0 Å². The highest BCUT2D eigenvalue weighted by Crippen LogP contribution is 2.44. The molecule has 0 radical (unpaired) electrons. The van der Waals surface area contributed by atoms with Crippen LogP contribution in [0.4, 0.5) is 0 Å². The zero-order valence-electron chi connectivity index (χ0n) is 13.3.